The van der Waals surface area contributed by atoms with Crippen LogP contribution in [0.3, 0.4) is 0 Å². The molecule has 28 heavy (non-hydrogen) atoms. The predicted molar refractivity (Wildman–Crippen MR) is 111 cm³/mol. The van der Waals surface area contributed by atoms with Crippen molar-refractivity contribution in [1.82, 2.24) is 10.2 Å². The Morgan fingerprint density at radius 3 is 2.29 bits per heavy atom. The third-order valence-corrected chi connectivity index (χ3v) is 5.39. The van der Waals surface area contributed by atoms with Crippen molar-refractivity contribution in [2.24, 2.45) is 0 Å². The van der Waals surface area contributed by atoms with Crippen molar-refractivity contribution in [2.75, 3.05) is 13.1 Å². The van der Waals surface area contributed by atoms with Gasteiger partial charge in [-0.3, -0.25) is 9.59 Å². The summed E-state index contributed by atoms with van der Waals surface area (Å²) in [6.45, 7) is 1.37. The van der Waals surface area contributed by atoms with Crippen molar-refractivity contribution in [1.29, 1.82) is 0 Å². The summed E-state index contributed by atoms with van der Waals surface area (Å²) in [7, 11) is 0. The second kappa shape index (κ2) is 8.26. The Hall–Kier alpha value is -3.14. The van der Waals surface area contributed by atoms with E-state index in [-0.39, 0.29) is 17.9 Å². The average Bonchev–Trinajstić information content (AvgIpc) is 2.75. The van der Waals surface area contributed by atoms with Crippen molar-refractivity contribution in [3.8, 4) is 0 Å². The van der Waals surface area contributed by atoms with Crippen LogP contribution in [0.4, 0.5) is 0 Å². The maximum Gasteiger partial charge on any atom is 0.251 e. The monoisotopic (exact) mass is 372 g/mol. The predicted octanol–water partition coefficient (Wildman–Crippen LogP) is 3.80. The van der Waals surface area contributed by atoms with E-state index in [9.17, 15) is 9.59 Å². The Balaban J connectivity index is 1.30. The Morgan fingerprint density at radius 1 is 0.857 bits per heavy atom. The summed E-state index contributed by atoms with van der Waals surface area (Å²) >= 11 is 0. The highest BCUT2D eigenvalue weighted by Crippen LogP contribution is 2.18. The minimum absolute atomic E-state index is 0.0402. The highest BCUT2D eigenvalue weighted by atomic mass is 16.2. The van der Waals surface area contributed by atoms with Crippen molar-refractivity contribution in [3.05, 3.63) is 83.9 Å². The normalized spacial score (nSPS) is 14.8. The highest BCUT2D eigenvalue weighted by Gasteiger charge is 2.24. The lowest BCUT2D eigenvalue weighted by atomic mass is 10.0. The molecule has 0 aromatic heterocycles. The molecular formula is C24H24N2O2. The molecule has 0 bridgehead atoms. The van der Waals surface area contributed by atoms with E-state index in [1.54, 1.807) is 0 Å². The molecular weight excluding hydrogens is 348 g/mol. The van der Waals surface area contributed by atoms with Gasteiger partial charge in [-0.1, -0.05) is 60.7 Å². The molecule has 4 heteroatoms. The lowest BCUT2D eigenvalue weighted by Gasteiger charge is -2.32. The molecule has 1 heterocycles. The summed E-state index contributed by atoms with van der Waals surface area (Å²) < 4.78 is 0. The maximum absolute atomic E-state index is 12.7. The smallest absolute Gasteiger partial charge is 0.251 e. The molecule has 2 amide bonds. The molecule has 4 nitrogen and oxygen atoms in total. The van der Waals surface area contributed by atoms with Crippen LogP contribution in [0.25, 0.3) is 10.8 Å². The first-order valence-electron chi connectivity index (χ1n) is 9.80. The van der Waals surface area contributed by atoms with Gasteiger partial charge >= 0.3 is 0 Å². The Labute approximate surface area is 165 Å². The molecule has 0 spiro atoms. The fourth-order valence-electron chi connectivity index (χ4n) is 3.77. The fraction of sp³-hybridized carbons (Fsp3) is 0.250. The van der Waals surface area contributed by atoms with E-state index in [2.05, 4.69) is 29.6 Å². The van der Waals surface area contributed by atoms with Gasteiger partial charge in [0.15, 0.2) is 0 Å². The van der Waals surface area contributed by atoms with E-state index in [0.717, 1.165) is 23.8 Å². The first-order chi connectivity index (χ1) is 13.7. The molecule has 0 radical (unpaired) electrons. The lowest BCUT2D eigenvalue weighted by Crippen LogP contribution is -2.46. The number of piperidine rings is 1. The summed E-state index contributed by atoms with van der Waals surface area (Å²) in [5, 5.41) is 5.44. The van der Waals surface area contributed by atoms with Crippen LogP contribution >= 0.6 is 0 Å². The number of fused-ring (bicyclic) bond motifs is 1. The van der Waals surface area contributed by atoms with Crippen molar-refractivity contribution >= 4 is 22.6 Å². The molecule has 142 valence electrons. The summed E-state index contributed by atoms with van der Waals surface area (Å²) in [4.78, 5) is 26.9. The SMILES string of the molecule is O=C(NC1CCN(C(=O)Cc2ccc3ccccc3c2)CC1)c1ccccc1. The summed E-state index contributed by atoms with van der Waals surface area (Å²) in [5.41, 5.74) is 1.72. The third kappa shape index (κ3) is 4.22. The quantitative estimate of drug-likeness (QED) is 0.757. The molecule has 0 unspecified atom stereocenters. The van der Waals surface area contributed by atoms with E-state index in [1.165, 1.54) is 5.39 Å². The minimum Gasteiger partial charge on any atom is -0.349 e. The van der Waals surface area contributed by atoms with Gasteiger partial charge in [-0.05, 0) is 41.3 Å². The molecule has 1 N–H and O–H groups in total. The van der Waals surface area contributed by atoms with Crippen LogP contribution in [0.1, 0.15) is 28.8 Å². The Kier molecular flexibility index (Phi) is 5.38. The van der Waals surface area contributed by atoms with Gasteiger partial charge in [-0.15, -0.1) is 0 Å². The zero-order valence-corrected chi connectivity index (χ0v) is 15.8. The molecule has 0 aliphatic carbocycles. The minimum atomic E-state index is -0.0402. The molecule has 3 aromatic carbocycles. The topological polar surface area (TPSA) is 49.4 Å². The van der Waals surface area contributed by atoms with Gasteiger partial charge in [0.25, 0.3) is 5.91 Å². The zero-order chi connectivity index (χ0) is 19.3. The number of nitrogens with zero attached hydrogens (tertiary/aromatic N) is 1. The number of rotatable bonds is 4. The number of likely N-dealkylation sites (tertiary alicyclic amines) is 1. The average molecular weight is 372 g/mol. The van der Waals surface area contributed by atoms with Crippen molar-refractivity contribution in [2.45, 2.75) is 25.3 Å². The van der Waals surface area contributed by atoms with E-state index in [0.29, 0.717) is 25.1 Å². The number of amides is 2. The van der Waals surface area contributed by atoms with E-state index < -0.39 is 0 Å². The summed E-state index contributed by atoms with van der Waals surface area (Å²) in [6.07, 6.45) is 2.01. The van der Waals surface area contributed by atoms with Gasteiger partial charge < -0.3 is 10.2 Å². The van der Waals surface area contributed by atoms with Gasteiger partial charge in [0.05, 0.1) is 6.42 Å². The van der Waals surface area contributed by atoms with Gasteiger partial charge in [0.1, 0.15) is 0 Å². The largest absolute Gasteiger partial charge is 0.349 e. The second-order valence-corrected chi connectivity index (χ2v) is 7.35. The fourth-order valence-corrected chi connectivity index (χ4v) is 3.77. The Morgan fingerprint density at radius 2 is 1.54 bits per heavy atom. The number of carbonyl (C=O) groups is 2. The number of hydrogen-bond acceptors (Lipinski definition) is 2. The summed E-state index contributed by atoms with van der Waals surface area (Å²) in [5.74, 6) is 0.115. The molecule has 1 saturated heterocycles. The van der Waals surface area contributed by atoms with Crippen molar-refractivity contribution in [3.63, 3.8) is 0 Å². The van der Waals surface area contributed by atoms with E-state index >= 15 is 0 Å². The standard InChI is InChI=1S/C24H24N2O2/c27-23(17-18-10-11-19-6-4-5-9-21(19)16-18)26-14-12-22(13-15-26)25-24(28)20-7-2-1-3-8-20/h1-11,16,22H,12-15,17H2,(H,25,28). The lowest BCUT2D eigenvalue weighted by molar-refractivity contribution is -0.131. The zero-order valence-electron chi connectivity index (χ0n) is 15.8. The van der Waals surface area contributed by atoms with Crippen LogP contribution in [0.5, 0.6) is 0 Å². The van der Waals surface area contributed by atoms with E-state index in [1.807, 2.05) is 53.4 Å². The number of nitrogens with one attached hydrogen (secondary N) is 1. The van der Waals surface area contributed by atoms with E-state index in [4.69, 9.17) is 0 Å². The van der Waals surface area contributed by atoms with Gasteiger partial charge in [0.2, 0.25) is 5.91 Å². The van der Waals surface area contributed by atoms with Crippen LogP contribution in [0, 0.1) is 0 Å². The van der Waals surface area contributed by atoms with Crippen LogP contribution in [-0.4, -0.2) is 35.8 Å². The van der Waals surface area contributed by atoms with Crippen LogP contribution in [0.2, 0.25) is 0 Å². The first-order valence-corrected chi connectivity index (χ1v) is 9.80. The molecule has 0 saturated carbocycles. The van der Waals surface area contributed by atoms with Crippen LogP contribution in [0.15, 0.2) is 72.8 Å². The molecule has 1 aliphatic heterocycles. The second-order valence-electron chi connectivity index (χ2n) is 7.35. The molecule has 1 fully saturated rings. The third-order valence-electron chi connectivity index (χ3n) is 5.39. The molecule has 1 aliphatic rings. The molecule has 3 aromatic rings. The van der Waals surface area contributed by atoms with Crippen LogP contribution in [-0.2, 0) is 11.2 Å². The number of benzene rings is 3. The van der Waals surface area contributed by atoms with Gasteiger partial charge in [0, 0.05) is 24.7 Å². The maximum atomic E-state index is 12.7. The first kappa shape index (κ1) is 18.2. The molecule has 0 atom stereocenters. The summed E-state index contributed by atoms with van der Waals surface area (Å²) in [6, 6.07) is 23.8. The molecule has 4 rings (SSSR count). The van der Waals surface area contributed by atoms with Gasteiger partial charge in [-0.25, -0.2) is 0 Å². The number of hydrogen-bond donors (Lipinski definition) is 1. The van der Waals surface area contributed by atoms with Crippen molar-refractivity contribution < 1.29 is 9.59 Å². The highest BCUT2D eigenvalue weighted by molar-refractivity contribution is 5.94. The van der Waals surface area contributed by atoms with Crippen LogP contribution < -0.4 is 5.32 Å². The Bertz CT molecular complexity index is 976. The van der Waals surface area contributed by atoms with Gasteiger partial charge in [-0.2, -0.15) is 0 Å². The number of carbonyl (C=O) groups excluding carboxylic acids is 2.